The maximum absolute atomic E-state index is 11.1. The maximum Gasteiger partial charge on any atom is 0.524 e. The number of fused-ring (bicyclic) bond motifs is 1. The number of imidazole rings is 1. The van der Waals surface area contributed by atoms with E-state index in [1.807, 2.05) is 0 Å². The lowest BCUT2D eigenvalue weighted by Crippen LogP contribution is -2.33. The summed E-state index contributed by atoms with van der Waals surface area (Å²) in [4.78, 5) is 30.5. The number of aliphatic hydroxyl groups excluding tert-OH is 3. The van der Waals surface area contributed by atoms with Crippen LogP contribution in [0.1, 0.15) is 11.8 Å². The average molecular weight is 504 g/mol. The minimum absolute atomic E-state index is 0.0622. The molecule has 1 aliphatic rings. The molecule has 1 aromatic carbocycles. The lowest BCUT2D eigenvalue weighted by molar-refractivity contribution is -0.0511. The van der Waals surface area contributed by atoms with E-state index in [1.54, 1.807) is 0 Å². The number of ether oxygens (including phenoxy) is 1. The molecule has 1 fully saturated rings. The van der Waals surface area contributed by atoms with Crippen molar-refractivity contribution in [3.05, 3.63) is 35.4 Å². The van der Waals surface area contributed by atoms with Crippen molar-refractivity contribution in [3.63, 3.8) is 0 Å². The van der Waals surface area contributed by atoms with E-state index in [0.29, 0.717) is 0 Å². The molecule has 2 aromatic heterocycles. The molecule has 0 unspecified atom stereocenters. The van der Waals surface area contributed by atoms with Gasteiger partial charge < -0.3 is 35.0 Å². The molecule has 0 aliphatic carbocycles. The first-order valence-electron chi connectivity index (χ1n) is 9.39. The largest absolute Gasteiger partial charge is 0.524 e. The van der Waals surface area contributed by atoms with Gasteiger partial charge in [0, 0.05) is 18.2 Å². The first-order chi connectivity index (χ1) is 15.6. The van der Waals surface area contributed by atoms with Crippen molar-refractivity contribution >= 4 is 36.4 Å². The molecule has 1 saturated heterocycles. The van der Waals surface area contributed by atoms with E-state index in [0.717, 1.165) is 6.07 Å². The smallest absolute Gasteiger partial charge is 0.508 e. The molecule has 14 nitrogen and oxygen atoms in total. The van der Waals surface area contributed by atoms with Crippen LogP contribution in [-0.2, 0) is 15.8 Å². The Morgan fingerprint density at radius 2 is 1.97 bits per heavy atom. The summed E-state index contributed by atoms with van der Waals surface area (Å²) >= 11 is 5.86. The molecule has 4 atom stereocenters. The number of phosphoric ester groups is 1. The van der Waals surface area contributed by atoms with Crippen molar-refractivity contribution < 1.29 is 44.0 Å². The highest BCUT2D eigenvalue weighted by Gasteiger charge is 2.44. The molecule has 0 amide bonds. The summed E-state index contributed by atoms with van der Waals surface area (Å²) in [6.07, 6.45) is -2.10. The van der Waals surface area contributed by atoms with Crippen LogP contribution in [0.25, 0.3) is 11.2 Å². The number of phenolic OH excluding ortho intramolecular Hbond substituents is 1. The van der Waals surface area contributed by atoms with Crippen molar-refractivity contribution in [2.45, 2.75) is 31.1 Å². The molecular weight excluding hydrogens is 485 g/mol. The number of benzene rings is 1. The summed E-state index contributed by atoms with van der Waals surface area (Å²) in [7, 11) is -4.87. The first kappa shape index (κ1) is 23.6. The Hall–Kier alpha value is -2.55. The third-order valence-electron chi connectivity index (χ3n) is 4.95. The number of anilines is 1. The molecule has 16 heteroatoms. The van der Waals surface area contributed by atoms with Crippen molar-refractivity contribution in [2.24, 2.45) is 0 Å². The van der Waals surface area contributed by atoms with Crippen LogP contribution in [0.4, 0.5) is 5.82 Å². The fourth-order valence-electron chi connectivity index (χ4n) is 3.38. The number of rotatable bonds is 7. The van der Waals surface area contributed by atoms with E-state index in [4.69, 9.17) is 26.1 Å². The van der Waals surface area contributed by atoms with Gasteiger partial charge in [0.15, 0.2) is 29.0 Å². The van der Waals surface area contributed by atoms with Crippen LogP contribution in [0.5, 0.6) is 11.5 Å². The molecular formula is C17H19ClN5O9P. The number of aromatic nitrogens is 4. The summed E-state index contributed by atoms with van der Waals surface area (Å²) in [6.45, 7) is -0.547. The molecule has 0 radical (unpaired) electrons. The third-order valence-corrected chi connectivity index (χ3v) is 5.68. The van der Waals surface area contributed by atoms with Gasteiger partial charge in [-0.15, -0.1) is 0 Å². The topological polar surface area (TPSA) is 213 Å². The second-order valence-corrected chi connectivity index (χ2v) is 8.69. The molecule has 3 aromatic rings. The zero-order valence-corrected chi connectivity index (χ0v) is 18.2. The molecule has 4 rings (SSSR count). The summed E-state index contributed by atoms with van der Waals surface area (Å²) in [6, 6.07) is 2.25. The Bertz CT molecular complexity index is 1220. The van der Waals surface area contributed by atoms with E-state index < -0.39 is 39.0 Å². The van der Waals surface area contributed by atoms with Gasteiger partial charge in [0.1, 0.15) is 30.4 Å². The maximum atomic E-state index is 11.1. The van der Waals surface area contributed by atoms with Crippen LogP contribution >= 0.6 is 19.4 Å². The summed E-state index contributed by atoms with van der Waals surface area (Å²) in [5, 5.41) is 42.4. The monoisotopic (exact) mass is 503 g/mol. The Morgan fingerprint density at radius 1 is 1.21 bits per heavy atom. The zero-order valence-electron chi connectivity index (χ0n) is 16.6. The van der Waals surface area contributed by atoms with E-state index in [9.17, 15) is 25.0 Å². The summed E-state index contributed by atoms with van der Waals surface area (Å²) in [5.41, 5.74) is 0.723. The summed E-state index contributed by atoms with van der Waals surface area (Å²) in [5.74, 6) is -0.341. The van der Waals surface area contributed by atoms with Crippen LogP contribution in [0.3, 0.4) is 0 Å². The highest BCUT2D eigenvalue weighted by Crippen LogP contribution is 2.43. The molecule has 178 valence electrons. The fraction of sp³-hybridized carbons (Fsp3) is 0.353. The van der Waals surface area contributed by atoms with Gasteiger partial charge in [0.2, 0.25) is 0 Å². The van der Waals surface area contributed by atoms with Gasteiger partial charge in [-0.25, -0.2) is 19.5 Å². The number of nitrogens with one attached hydrogen (secondary N) is 1. The second kappa shape index (κ2) is 9.00. The van der Waals surface area contributed by atoms with Crippen molar-refractivity contribution in [3.8, 4) is 11.5 Å². The number of hydrogen-bond donors (Lipinski definition) is 7. The van der Waals surface area contributed by atoms with Gasteiger partial charge in [-0.3, -0.25) is 14.4 Å². The van der Waals surface area contributed by atoms with Crippen LogP contribution in [0.2, 0.25) is 5.02 Å². The molecule has 3 heterocycles. The van der Waals surface area contributed by atoms with Crippen molar-refractivity contribution in [1.82, 2.24) is 19.5 Å². The van der Waals surface area contributed by atoms with Gasteiger partial charge in [-0.05, 0) is 6.07 Å². The number of hydrogen-bond acceptors (Lipinski definition) is 11. The number of aromatic hydroxyl groups is 1. The minimum Gasteiger partial charge on any atom is -0.508 e. The summed E-state index contributed by atoms with van der Waals surface area (Å²) < 4.78 is 22.5. The normalized spacial score (nSPS) is 23.2. The molecule has 0 bridgehead atoms. The molecule has 0 spiro atoms. The van der Waals surface area contributed by atoms with Gasteiger partial charge in [0.25, 0.3) is 0 Å². The van der Waals surface area contributed by atoms with Gasteiger partial charge in [-0.2, -0.15) is 0 Å². The fourth-order valence-corrected chi connectivity index (χ4v) is 4.04. The molecule has 0 saturated carbocycles. The SMILES string of the molecule is O=P(O)(O)Oc1cc(CNc2ncnc3c2ncn3[C@@H]2O[C@H](CO)[C@@H](O)[C@H]2O)c(O)cc1Cl. The number of halogens is 1. The quantitative estimate of drug-likeness (QED) is 0.210. The Balaban J connectivity index is 1.59. The van der Waals surface area contributed by atoms with Gasteiger partial charge in [-0.1, -0.05) is 11.6 Å². The van der Waals surface area contributed by atoms with Crippen LogP contribution in [0, 0.1) is 0 Å². The number of nitrogens with zero attached hydrogens (tertiary/aromatic N) is 4. The van der Waals surface area contributed by atoms with Gasteiger partial charge >= 0.3 is 7.82 Å². The average Bonchev–Trinajstić information content (AvgIpc) is 3.30. The molecule has 7 N–H and O–H groups in total. The van der Waals surface area contributed by atoms with Crippen LogP contribution < -0.4 is 9.84 Å². The second-order valence-electron chi connectivity index (χ2n) is 7.12. The lowest BCUT2D eigenvalue weighted by Gasteiger charge is -2.16. The number of phosphoric acid groups is 1. The Kier molecular flexibility index (Phi) is 6.44. The van der Waals surface area contributed by atoms with E-state index in [2.05, 4.69) is 24.8 Å². The Labute approximate surface area is 190 Å². The predicted molar refractivity (Wildman–Crippen MR) is 111 cm³/mol. The highest BCUT2D eigenvalue weighted by molar-refractivity contribution is 7.46. The predicted octanol–water partition coefficient (Wildman–Crippen LogP) is -0.120. The number of aliphatic hydroxyl groups is 3. The van der Waals surface area contributed by atoms with E-state index in [1.165, 1.54) is 23.3 Å². The molecule has 1 aliphatic heterocycles. The lowest BCUT2D eigenvalue weighted by atomic mass is 10.1. The first-order valence-corrected chi connectivity index (χ1v) is 11.3. The van der Waals surface area contributed by atoms with Crippen molar-refractivity contribution in [1.29, 1.82) is 0 Å². The van der Waals surface area contributed by atoms with Crippen molar-refractivity contribution in [2.75, 3.05) is 11.9 Å². The van der Waals surface area contributed by atoms with Crippen LogP contribution in [0.15, 0.2) is 24.8 Å². The highest BCUT2D eigenvalue weighted by atomic mass is 35.5. The zero-order chi connectivity index (χ0) is 23.9. The third kappa shape index (κ3) is 4.74. The van der Waals surface area contributed by atoms with E-state index in [-0.39, 0.29) is 45.6 Å². The standard InChI is InChI=1S/C17H19ClN5O9P/c18-8-2-9(25)7(1-10(8)32-33(28,29)30)3-19-15-12-16(21-5-20-15)23(6-22-12)17-14(27)13(26)11(4-24)31-17/h1-2,5-6,11,13-14,17,24-27H,3-4H2,(H,19,20,21)(H2,28,29,30)/t11-,13-,14-,17-/m1/s1. The molecule has 33 heavy (non-hydrogen) atoms. The van der Waals surface area contributed by atoms with Gasteiger partial charge in [0.05, 0.1) is 18.0 Å². The Morgan fingerprint density at radius 3 is 2.64 bits per heavy atom. The minimum atomic E-state index is -4.87. The van der Waals surface area contributed by atoms with Crippen LogP contribution in [-0.4, -0.2) is 74.7 Å². The number of phenols is 1. The van der Waals surface area contributed by atoms with E-state index >= 15 is 0 Å².